The Kier molecular flexibility index (Phi) is 5.25. The molecule has 0 aliphatic heterocycles. The maximum Gasteiger partial charge on any atom is 0.112 e. The maximum atomic E-state index is 5.90. The molecule has 0 fully saturated rings. The molecule has 2 aliphatic rings. The van der Waals surface area contributed by atoms with E-state index in [4.69, 9.17) is 4.74 Å². The minimum atomic E-state index is 0.335. The monoisotopic (exact) mass is 240 g/mol. The SMILES string of the molecule is CCO[C]([C]1[CH]C=CC(C)=C1)C1[CH][CH][CH]C=CC1. The summed E-state index contributed by atoms with van der Waals surface area (Å²) in [6.45, 7) is 4.86. The molecule has 0 aromatic heterocycles. The van der Waals surface area contributed by atoms with Gasteiger partial charge in [-0.1, -0.05) is 36.0 Å². The van der Waals surface area contributed by atoms with Crippen LogP contribution in [-0.4, -0.2) is 6.61 Å². The number of hydrogen-bond donors (Lipinski definition) is 0. The topological polar surface area (TPSA) is 9.23 Å². The summed E-state index contributed by atoms with van der Waals surface area (Å²) in [6.07, 6.45) is 21.3. The third kappa shape index (κ3) is 3.58. The Morgan fingerprint density at radius 1 is 1.33 bits per heavy atom. The Labute approximate surface area is 112 Å². The maximum absolute atomic E-state index is 5.90. The van der Waals surface area contributed by atoms with Crippen LogP contribution in [0.25, 0.3) is 0 Å². The number of rotatable bonds is 4. The van der Waals surface area contributed by atoms with E-state index in [1.54, 1.807) is 0 Å². The molecule has 0 amide bonds. The predicted octanol–water partition coefficient (Wildman–Crippen LogP) is 4.04. The van der Waals surface area contributed by atoms with Crippen LogP contribution in [0, 0.1) is 43.6 Å². The largest absolute Gasteiger partial charge is 0.371 e. The molecule has 0 N–H and O–H groups in total. The van der Waals surface area contributed by atoms with Gasteiger partial charge in [0.2, 0.25) is 0 Å². The summed E-state index contributed by atoms with van der Waals surface area (Å²) in [5.74, 6) is 1.53. The fourth-order valence-electron chi connectivity index (χ4n) is 2.20. The van der Waals surface area contributed by atoms with E-state index in [1.807, 2.05) is 6.92 Å². The first-order chi connectivity index (χ1) is 8.81. The minimum absolute atomic E-state index is 0.335. The fraction of sp³-hybridized carbons (Fsp3) is 0.294. The summed E-state index contributed by atoms with van der Waals surface area (Å²) < 4.78 is 5.90. The van der Waals surface area contributed by atoms with Gasteiger partial charge in [-0.05, 0) is 51.9 Å². The molecule has 2 aliphatic carbocycles. The summed E-state index contributed by atoms with van der Waals surface area (Å²) in [4.78, 5) is 0. The lowest BCUT2D eigenvalue weighted by Gasteiger charge is -2.30. The molecular formula is C17H20O. The minimum Gasteiger partial charge on any atom is -0.371 e. The Bertz CT molecular complexity index is 338. The smallest absolute Gasteiger partial charge is 0.112 e. The molecule has 2 rings (SSSR count). The molecule has 0 aromatic rings. The molecule has 0 saturated carbocycles. The van der Waals surface area contributed by atoms with Gasteiger partial charge in [-0.25, -0.2) is 0 Å². The first-order valence-electron chi connectivity index (χ1n) is 6.54. The van der Waals surface area contributed by atoms with Crippen LogP contribution >= 0.6 is 0 Å². The van der Waals surface area contributed by atoms with Gasteiger partial charge in [-0.15, -0.1) is 0 Å². The van der Waals surface area contributed by atoms with Crippen molar-refractivity contribution >= 4 is 0 Å². The summed E-state index contributed by atoms with van der Waals surface area (Å²) in [7, 11) is 0. The first kappa shape index (κ1) is 13.6. The van der Waals surface area contributed by atoms with E-state index in [-0.39, 0.29) is 0 Å². The second-order valence-electron chi connectivity index (χ2n) is 4.51. The summed E-state index contributed by atoms with van der Waals surface area (Å²) in [5, 5.41) is 0. The highest BCUT2D eigenvalue weighted by atomic mass is 16.5. The Balaban J connectivity index is 2.06. The van der Waals surface area contributed by atoms with Crippen LogP contribution in [0.4, 0.5) is 0 Å². The third-order valence-electron chi connectivity index (χ3n) is 3.03. The predicted molar refractivity (Wildman–Crippen MR) is 75.5 cm³/mol. The zero-order valence-electron chi connectivity index (χ0n) is 11.1. The van der Waals surface area contributed by atoms with Gasteiger partial charge in [0.15, 0.2) is 0 Å². The van der Waals surface area contributed by atoms with E-state index in [9.17, 15) is 0 Å². The van der Waals surface area contributed by atoms with E-state index in [2.05, 4.69) is 63.0 Å². The van der Waals surface area contributed by atoms with Crippen LogP contribution in [0.2, 0.25) is 0 Å². The zero-order valence-corrected chi connectivity index (χ0v) is 11.1. The van der Waals surface area contributed by atoms with Gasteiger partial charge in [-0.2, -0.15) is 0 Å². The molecule has 0 spiro atoms. The van der Waals surface area contributed by atoms with Crippen molar-refractivity contribution in [2.75, 3.05) is 6.61 Å². The molecule has 0 saturated heterocycles. The van der Waals surface area contributed by atoms with Crippen molar-refractivity contribution in [3.63, 3.8) is 0 Å². The van der Waals surface area contributed by atoms with E-state index >= 15 is 0 Å². The normalized spacial score (nSPS) is 25.3. The number of allylic oxidation sites excluding steroid dienone is 5. The average Bonchev–Trinajstić information content (AvgIpc) is 2.64. The third-order valence-corrected chi connectivity index (χ3v) is 3.03. The van der Waals surface area contributed by atoms with Crippen molar-refractivity contribution in [3.05, 3.63) is 73.7 Å². The molecule has 0 heterocycles. The second kappa shape index (κ2) is 6.94. The highest BCUT2D eigenvalue weighted by molar-refractivity contribution is 5.45. The van der Waals surface area contributed by atoms with Crippen molar-refractivity contribution in [1.29, 1.82) is 0 Å². The van der Waals surface area contributed by atoms with Gasteiger partial charge >= 0.3 is 0 Å². The van der Waals surface area contributed by atoms with E-state index in [0.29, 0.717) is 12.5 Å². The summed E-state index contributed by atoms with van der Waals surface area (Å²) >= 11 is 0. The van der Waals surface area contributed by atoms with Gasteiger partial charge in [0.1, 0.15) is 6.10 Å². The lowest BCUT2D eigenvalue weighted by Crippen LogP contribution is -2.23. The highest BCUT2D eigenvalue weighted by Gasteiger charge is 2.30. The van der Waals surface area contributed by atoms with Crippen molar-refractivity contribution in [2.24, 2.45) is 5.92 Å². The Hall–Kier alpha value is -0.820. The molecule has 0 aromatic carbocycles. The summed E-state index contributed by atoms with van der Waals surface area (Å²) in [6, 6.07) is 0. The van der Waals surface area contributed by atoms with Crippen molar-refractivity contribution in [3.8, 4) is 0 Å². The van der Waals surface area contributed by atoms with Gasteiger partial charge < -0.3 is 4.74 Å². The second-order valence-corrected chi connectivity index (χ2v) is 4.51. The number of ether oxygens (including phenoxy) is 1. The first-order valence-corrected chi connectivity index (χ1v) is 6.54. The molecule has 1 nitrogen and oxygen atoms in total. The van der Waals surface area contributed by atoms with Crippen LogP contribution in [0.15, 0.2) is 36.0 Å². The van der Waals surface area contributed by atoms with Crippen molar-refractivity contribution in [1.82, 2.24) is 0 Å². The number of hydrogen-bond acceptors (Lipinski definition) is 1. The summed E-state index contributed by atoms with van der Waals surface area (Å²) in [5.41, 5.74) is 1.27. The zero-order chi connectivity index (χ0) is 12.8. The Morgan fingerprint density at radius 2 is 2.22 bits per heavy atom. The average molecular weight is 240 g/mol. The van der Waals surface area contributed by atoms with Crippen LogP contribution in [0.5, 0.6) is 0 Å². The van der Waals surface area contributed by atoms with Gasteiger partial charge in [0, 0.05) is 12.5 Å². The quantitative estimate of drug-likeness (QED) is 0.720. The van der Waals surface area contributed by atoms with Gasteiger partial charge in [0.25, 0.3) is 0 Å². The molecule has 1 heteroatoms. The molecule has 94 valence electrons. The van der Waals surface area contributed by atoms with Crippen LogP contribution in [-0.2, 0) is 4.74 Å². The fourth-order valence-corrected chi connectivity index (χ4v) is 2.20. The van der Waals surface area contributed by atoms with Crippen molar-refractivity contribution < 1.29 is 4.74 Å². The molecule has 1 atom stereocenters. The van der Waals surface area contributed by atoms with Crippen LogP contribution in [0.1, 0.15) is 20.3 Å². The lowest BCUT2D eigenvalue weighted by atomic mass is 9.81. The van der Waals surface area contributed by atoms with Crippen molar-refractivity contribution in [2.45, 2.75) is 20.3 Å². The Morgan fingerprint density at radius 3 is 3.00 bits per heavy atom. The molecule has 1 unspecified atom stereocenters. The standard InChI is InChI=1S/C17H20O/c1-3-18-17(15-10-6-4-5-7-11-15)16-12-8-9-14(2)13-16/h4-10,12-13,15H,3,11H2,1-2H3. The molecule has 6 radical (unpaired) electrons. The van der Waals surface area contributed by atoms with E-state index in [0.717, 1.165) is 12.5 Å². The van der Waals surface area contributed by atoms with Gasteiger partial charge in [0.05, 0.1) is 0 Å². The van der Waals surface area contributed by atoms with E-state index in [1.165, 1.54) is 11.5 Å². The molecule has 0 bridgehead atoms. The van der Waals surface area contributed by atoms with Crippen LogP contribution < -0.4 is 0 Å². The van der Waals surface area contributed by atoms with E-state index < -0.39 is 0 Å². The molecular weight excluding hydrogens is 220 g/mol. The van der Waals surface area contributed by atoms with Gasteiger partial charge in [-0.3, -0.25) is 0 Å². The molecule has 18 heavy (non-hydrogen) atoms. The highest BCUT2D eigenvalue weighted by Crippen LogP contribution is 2.38. The lowest BCUT2D eigenvalue weighted by molar-refractivity contribution is 0.134. The van der Waals surface area contributed by atoms with Crippen LogP contribution in [0.3, 0.4) is 0 Å².